The van der Waals surface area contributed by atoms with E-state index in [1.165, 1.54) is 0 Å². The highest BCUT2D eigenvalue weighted by Crippen LogP contribution is 2.35. The molecule has 3 aromatic carbocycles. The highest BCUT2D eigenvalue weighted by molar-refractivity contribution is 6.36. The molecule has 2 heterocycles. The van der Waals surface area contributed by atoms with E-state index in [1.807, 2.05) is 86.9 Å². The SMILES string of the molecule is CN(C)Cc1cn(Cc2c(Cl)cccc2Cl)c2ccc3nc(N[C@@H](CC4=CC=CCC4)C(=O)N[C@@H](CCN)C(=O)NCc4ccccc4)nc(N)c3c12. The van der Waals surface area contributed by atoms with E-state index in [4.69, 9.17) is 44.6 Å². The Morgan fingerprint density at radius 1 is 0.962 bits per heavy atom. The molecular formula is C40H45Cl2N9O2. The number of carbonyl (C=O) groups excluding carboxylic acids is 2. The zero-order chi connectivity index (χ0) is 37.5. The van der Waals surface area contributed by atoms with E-state index in [0.29, 0.717) is 47.0 Å². The molecule has 0 saturated heterocycles. The number of anilines is 2. The zero-order valence-electron chi connectivity index (χ0n) is 29.9. The number of nitrogen functional groups attached to an aromatic ring is 1. The first-order valence-electron chi connectivity index (χ1n) is 17.7. The second kappa shape index (κ2) is 17.3. The van der Waals surface area contributed by atoms with Crippen LogP contribution in [0.1, 0.15) is 42.4 Å². The van der Waals surface area contributed by atoms with Crippen molar-refractivity contribution >= 4 is 68.6 Å². The van der Waals surface area contributed by atoms with Gasteiger partial charge in [0.05, 0.1) is 17.4 Å². The van der Waals surface area contributed by atoms with Crippen LogP contribution in [-0.4, -0.2) is 64.0 Å². The van der Waals surface area contributed by atoms with Gasteiger partial charge in [-0.1, -0.05) is 83.4 Å². The molecule has 0 saturated carbocycles. The quantitative estimate of drug-likeness (QED) is 0.0849. The van der Waals surface area contributed by atoms with Crippen LogP contribution < -0.4 is 27.4 Å². The summed E-state index contributed by atoms with van der Waals surface area (Å²) in [4.78, 5) is 38.9. The molecule has 1 aliphatic rings. The Balaban J connectivity index is 1.31. The number of hydrogen-bond donors (Lipinski definition) is 5. The molecule has 6 rings (SSSR count). The summed E-state index contributed by atoms with van der Waals surface area (Å²) in [5, 5.41) is 12.0. The number of carbonyl (C=O) groups is 2. The summed E-state index contributed by atoms with van der Waals surface area (Å²) in [7, 11) is 4.02. The van der Waals surface area contributed by atoms with Gasteiger partial charge >= 0.3 is 0 Å². The Hall–Kier alpha value is -4.94. The van der Waals surface area contributed by atoms with Gasteiger partial charge in [-0.05, 0) is 81.7 Å². The fraction of sp³-hybridized carbons (Fsp3) is 0.300. The maximum atomic E-state index is 14.0. The number of hydrogen-bond acceptors (Lipinski definition) is 8. The smallest absolute Gasteiger partial charge is 0.243 e. The van der Waals surface area contributed by atoms with Gasteiger partial charge in [-0.2, -0.15) is 4.98 Å². The summed E-state index contributed by atoms with van der Waals surface area (Å²) in [6.45, 7) is 1.67. The first-order valence-corrected chi connectivity index (χ1v) is 18.5. The van der Waals surface area contributed by atoms with Crippen LogP contribution in [0.25, 0.3) is 21.8 Å². The molecule has 11 nitrogen and oxygen atoms in total. The molecule has 0 spiro atoms. The lowest BCUT2D eigenvalue weighted by Gasteiger charge is -2.24. The number of rotatable bonds is 15. The monoisotopic (exact) mass is 753 g/mol. The summed E-state index contributed by atoms with van der Waals surface area (Å²) in [5.74, 6) is -0.188. The van der Waals surface area contributed by atoms with Gasteiger partial charge in [0.2, 0.25) is 17.8 Å². The Bertz CT molecular complexity index is 2140. The molecule has 0 radical (unpaired) electrons. The van der Waals surface area contributed by atoms with Crippen LogP contribution in [-0.2, 0) is 29.2 Å². The molecule has 2 atom stereocenters. The standard InChI is InChI=1S/C40H45Cl2N9O2/c1-50(2)22-27-23-51(24-28-29(41)14-9-15-30(28)42)34-17-16-31-36(35(27)34)37(44)49-40(47-31)48-33(20-25-10-5-3-6-11-25)39(53)46-32(18-19-43)38(52)45-21-26-12-7-4-8-13-26/h3-5,7-10,12-17,23,32-33H,6,11,18-22,24,43H2,1-2H3,(H,45,52)(H,46,53)(H3,44,47,48,49)/t32-,33-/m0/s1. The van der Waals surface area contributed by atoms with Crippen LogP contribution in [0.5, 0.6) is 0 Å². The second-order valence-corrected chi connectivity index (χ2v) is 14.4. The minimum Gasteiger partial charge on any atom is -0.383 e. The minimum atomic E-state index is -0.823. The van der Waals surface area contributed by atoms with Crippen LogP contribution in [0.15, 0.2) is 90.7 Å². The third-order valence-corrected chi connectivity index (χ3v) is 9.98. The molecule has 0 unspecified atom stereocenters. The van der Waals surface area contributed by atoms with Crippen molar-refractivity contribution in [2.75, 3.05) is 31.7 Å². The minimum absolute atomic E-state index is 0.210. The first-order chi connectivity index (χ1) is 25.6. The van der Waals surface area contributed by atoms with Crippen molar-refractivity contribution in [1.82, 2.24) is 30.1 Å². The highest BCUT2D eigenvalue weighted by atomic mass is 35.5. The lowest BCUT2D eigenvalue weighted by Crippen LogP contribution is -2.52. The maximum absolute atomic E-state index is 14.0. The van der Waals surface area contributed by atoms with E-state index in [1.54, 1.807) is 0 Å². The maximum Gasteiger partial charge on any atom is 0.243 e. The van der Waals surface area contributed by atoms with E-state index in [-0.39, 0.29) is 36.5 Å². The lowest BCUT2D eigenvalue weighted by atomic mass is 9.97. The van der Waals surface area contributed by atoms with Gasteiger partial charge in [0.1, 0.15) is 17.9 Å². The fourth-order valence-corrected chi connectivity index (χ4v) is 7.22. The molecule has 0 fully saturated rings. The average molecular weight is 755 g/mol. The van der Waals surface area contributed by atoms with Gasteiger partial charge in [-0.25, -0.2) is 4.98 Å². The number of fused-ring (bicyclic) bond motifs is 3. The van der Waals surface area contributed by atoms with Gasteiger partial charge < -0.3 is 36.9 Å². The van der Waals surface area contributed by atoms with E-state index >= 15 is 0 Å². The van der Waals surface area contributed by atoms with Crippen molar-refractivity contribution in [1.29, 1.82) is 0 Å². The second-order valence-electron chi connectivity index (χ2n) is 13.5. The average Bonchev–Trinajstić information content (AvgIpc) is 3.48. The molecule has 2 amide bonds. The van der Waals surface area contributed by atoms with E-state index in [0.717, 1.165) is 46.0 Å². The predicted molar refractivity (Wildman–Crippen MR) is 215 cm³/mol. The largest absolute Gasteiger partial charge is 0.383 e. The molecular weight excluding hydrogens is 709 g/mol. The molecule has 0 bridgehead atoms. The van der Waals surface area contributed by atoms with Crippen molar-refractivity contribution in [2.45, 2.75) is 57.4 Å². The van der Waals surface area contributed by atoms with Crippen molar-refractivity contribution < 1.29 is 9.59 Å². The summed E-state index contributed by atoms with van der Waals surface area (Å²) in [6, 6.07) is 17.4. The summed E-state index contributed by atoms with van der Waals surface area (Å²) < 4.78 is 2.12. The van der Waals surface area contributed by atoms with E-state index in [9.17, 15) is 9.59 Å². The summed E-state index contributed by atoms with van der Waals surface area (Å²) in [6.07, 6.45) is 10.6. The third-order valence-electron chi connectivity index (χ3n) is 9.27. The van der Waals surface area contributed by atoms with Crippen LogP contribution in [0.2, 0.25) is 10.0 Å². The Kier molecular flexibility index (Phi) is 12.3. The fourth-order valence-electron chi connectivity index (χ4n) is 6.70. The topological polar surface area (TPSA) is 156 Å². The van der Waals surface area contributed by atoms with Gasteiger partial charge in [0.25, 0.3) is 0 Å². The van der Waals surface area contributed by atoms with E-state index < -0.39 is 12.1 Å². The normalized spacial score (nSPS) is 14.0. The number of amides is 2. The van der Waals surface area contributed by atoms with Crippen LogP contribution in [0.4, 0.5) is 11.8 Å². The van der Waals surface area contributed by atoms with Crippen LogP contribution in [0.3, 0.4) is 0 Å². The number of nitrogens with zero attached hydrogens (tertiary/aromatic N) is 4. The van der Waals surface area contributed by atoms with Crippen molar-refractivity contribution in [3.05, 3.63) is 117 Å². The molecule has 1 aliphatic carbocycles. The molecule has 0 aliphatic heterocycles. The predicted octanol–water partition coefficient (Wildman–Crippen LogP) is 6.18. The van der Waals surface area contributed by atoms with Gasteiger partial charge in [0.15, 0.2) is 0 Å². The Morgan fingerprint density at radius 3 is 2.43 bits per heavy atom. The van der Waals surface area contributed by atoms with Crippen LogP contribution in [0, 0.1) is 0 Å². The molecule has 13 heteroatoms. The zero-order valence-corrected chi connectivity index (χ0v) is 31.4. The Morgan fingerprint density at radius 2 is 1.74 bits per heavy atom. The molecule has 7 N–H and O–H groups in total. The van der Waals surface area contributed by atoms with Crippen LogP contribution >= 0.6 is 23.2 Å². The molecule has 53 heavy (non-hydrogen) atoms. The van der Waals surface area contributed by atoms with Crippen molar-refractivity contribution in [3.63, 3.8) is 0 Å². The number of allylic oxidation sites excluding steroid dienone is 3. The van der Waals surface area contributed by atoms with Gasteiger partial charge in [0, 0.05) is 45.8 Å². The number of halogens is 2. The van der Waals surface area contributed by atoms with Crippen molar-refractivity contribution in [3.8, 4) is 0 Å². The van der Waals surface area contributed by atoms with E-state index in [2.05, 4.69) is 37.7 Å². The summed E-state index contributed by atoms with van der Waals surface area (Å²) in [5.41, 5.74) is 18.1. The number of nitrogens with two attached hydrogens (primary N) is 2. The Labute approximate surface area is 319 Å². The van der Waals surface area contributed by atoms with Crippen molar-refractivity contribution in [2.24, 2.45) is 5.73 Å². The molecule has 5 aromatic rings. The third kappa shape index (κ3) is 9.17. The molecule has 2 aromatic heterocycles. The number of benzene rings is 3. The van der Waals surface area contributed by atoms with Gasteiger partial charge in [-0.15, -0.1) is 0 Å². The molecule has 276 valence electrons. The summed E-state index contributed by atoms with van der Waals surface area (Å²) >= 11 is 13.1. The lowest BCUT2D eigenvalue weighted by molar-refractivity contribution is -0.129. The van der Waals surface area contributed by atoms with Gasteiger partial charge in [-0.3, -0.25) is 9.59 Å². The number of aromatic nitrogens is 3. The number of nitrogens with one attached hydrogen (secondary N) is 3. The highest BCUT2D eigenvalue weighted by Gasteiger charge is 2.27. The first kappa shape index (κ1) is 37.8.